The number of hydrazine groups is 1. The summed E-state index contributed by atoms with van der Waals surface area (Å²) in [6.07, 6.45) is 4.77. The van der Waals surface area contributed by atoms with Crippen LogP contribution in [0.15, 0.2) is 39.5 Å². The average Bonchev–Trinajstić information content (AvgIpc) is 2.98. The van der Waals surface area contributed by atoms with Gasteiger partial charge < -0.3 is 15.2 Å². The zero-order chi connectivity index (χ0) is 15.2. The summed E-state index contributed by atoms with van der Waals surface area (Å²) in [6, 6.07) is 5.46. The molecule has 2 aromatic rings. The predicted molar refractivity (Wildman–Crippen MR) is 83.7 cm³/mol. The van der Waals surface area contributed by atoms with Crippen molar-refractivity contribution >= 4 is 27.7 Å². The van der Waals surface area contributed by atoms with Crippen LogP contribution in [0.3, 0.4) is 0 Å². The van der Waals surface area contributed by atoms with Crippen LogP contribution in [0, 0.1) is 0 Å². The number of carbonyl (C=O) groups is 1. The third-order valence-electron chi connectivity index (χ3n) is 3.02. The van der Waals surface area contributed by atoms with Crippen molar-refractivity contribution in [1.82, 2.24) is 10.3 Å². The number of aromatic nitrogens is 1. The quantitative estimate of drug-likeness (QED) is 0.548. The van der Waals surface area contributed by atoms with Crippen molar-refractivity contribution in [3.63, 3.8) is 0 Å². The second-order valence-corrected chi connectivity index (χ2v) is 5.60. The first kappa shape index (κ1) is 15.5. The van der Waals surface area contributed by atoms with Gasteiger partial charge >= 0.3 is 0 Å². The van der Waals surface area contributed by atoms with Crippen LogP contribution < -0.4 is 16.6 Å². The number of nitrogen functional groups attached to an aromatic ring is 1. The molecule has 112 valence electrons. The van der Waals surface area contributed by atoms with Crippen LogP contribution in [-0.2, 0) is 6.42 Å². The lowest BCUT2D eigenvalue weighted by atomic mass is 10.1. The molecule has 0 spiro atoms. The van der Waals surface area contributed by atoms with Gasteiger partial charge in [0.2, 0.25) is 0 Å². The van der Waals surface area contributed by atoms with Crippen molar-refractivity contribution in [1.29, 1.82) is 0 Å². The Labute approximate surface area is 131 Å². The van der Waals surface area contributed by atoms with E-state index in [-0.39, 0.29) is 11.9 Å². The fourth-order valence-electron chi connectivity index (χ4n) is 1.91. The van der Waals surface area contributed by atoms with E-state index in [9.17, 15) is 4.79 Å². The van der Waals surface area contributed by atoms with Crippen LogP contribution in [0.4, 0.5) is 5.82 Å². The van der Waals surface area contributed by atoms with E-state index in [0.29, 0.717) is 11.4 Å². The van der Waals surface area contributed by atoms with Crippen molar-refractivity contribution in [2.24, 2.45) is 5.84 Å². The molecule has 4 N–H and O–H groups in total. The van der Waals surface area contributed by atoms with Crippen LogP contribution >= 0.6 is 15.9 Å². The van der Waals surface area contributed by atoms with E-state index in [1.807, 2.05) is 19.1 Å². The highest BCUT2D eigenvalue weighted by molar-refractivity contribution is 9.10. The molecule has 1 amide bonds. The van der Waals surface area contributed by atoms with Gasteiger partial charge in [0.25, 0.3) is 5.91 Å². The van der Waals surface area contributed by atoms with E-state index in [4.69, 9.17) is 10.3 Å². The molecule has 0 bridgehead atoms. The molecule has 0 aliphatic heterocycles. The molecule has 1 atom stereocenters. The first-order chi connectivity index (χ1) is 10.1. The van der Waals surface area contributed by atoms with E-state index in [1.54, 1.807) is 18.5 Å². The Kier molecular flexibility index (Phi) is 5.35. The lowest BCUT2D eigenvalue weighted by Crippen LogP contribution is -2.33. The molecule has 0 fully saturated rings. The van der Waals surface area contributed by atoms with Gasteiger partial charge in [-0.05, 0) is 47.5 Å². The number of pyridine rings is 1. The summed E-state index contributed by atoms with van der Waals surface area (Å²) in [7, 11) is 0. The summed E-state index contributed by atoms with van der Waals surface area (Å²) in [6.45, 7) is 1.95. The van der Waals surface area contributed by atoms with Crippen molar-refractivity contribution in [3.05, 3.63) is 46.5 Å². The van der Waals surface area contributed by atoms with Gasteiger partial charge in [0.1, 0.15) is 5.76 Å². The lowest BCUT2D eigenvalue weighted by Gasteiger charge is -2.14. The topological polar surface area (TPSA) is 93.2 Å². The van der Waals surface area contributed by atoms with Crippen molar-refractivity contribution in [2.45, 2.75) is 25.8 Å². The van der Waals surface area contributed by atoms with Crippen LogP contribution in [0.25, 0.3) is 0 Å². The fraction of sp³-hybridized carbons (Fsp3) is 0.286. The number of nitrogens with zero attached hydrogens (tertiary/aromatic N) is 1. The lowest BCUT2D eigenvalue weighted by molar-refractivity contribution is 0.0938. The number of hydrogen-bond acceptors (Lipinski definition) is 5. The standard InChI is InChI=1S/C14H17BrN4O2/c1-9(4-5-11-3-2-6-21-11)18-14(20)12-7-10(15)8-17-13(12)19-16/h2-3,6-9H,4-5,16H2,1H3,(H,17,19)(H,18,20). The molecule has 1 unspecified atom stereocenters. The third-order valence-corrected chi connectivity index (χ3v) is 3.45. The molecule has 7 heteroatoms. The molecule has 2 rings (SSSR count). The van der Waals surface area contributed by atoms with E-state index < -0.39 is 0 Å². The molecular formula is C14H17BrN4O2. The number of rotatable bonds is 6. The Morgan fingerprint density at radius 2 is 2.38 bits per heavy atom. The second-order valence-electron chi connectivity index (χ2n) is 4.69. The molecule has 0 saturated heterocycles. The minimum atomic E-state index is -0.219. The van der Waals surface area contributed by atoms with Crippen molar-refractivity contribution in [3.8, 4) is 0 Å². The first-order valence-electron chi connectivity index (χ1n) is 6.55. The number of halogens is 1. The second kappa shape index (κ2) is 7.24. The van der Waals surface area contributed by atoms with Gasteiger partial charge in [-0.25, -0.2) is 10.8 Å². The summed E-state index contributed by atoms with van der Waals surface area (Å²) in [5.74, 6) is 6.40. The number of furan rings is 1. The Morgan fingerprint density at radius 3 is 3.05 bits per heavy atom. The average molecular weight is 353 g/mol. The molecule has 2 heterocycles. The third kappa shape index (κ3) is 4.30. The van der Waals surface area contributed by atoms with E-state index in [1.165, 1.54) is 0 Å². The van der Waals surface area contributed by atoms with E-state index in [0.717, 1.165) is 23.1 Å². The minimum Gasteiger partial charge on any atom is -0.469 e. The number of amides is 1. The summed E-state index contributed by atoms with van der Waals surface area (Å²) in [5, 5.41) is 2.92. The Bertz CT molecular complexity index is 601. The van der Waals surface area contributed by atoms with Crippen molar-refractivity contribution in [2.75, 3.05) is 5.43 Å². The Balaban J connectivity index is 1.95. The molecule has 21 heavy (non-hydrogen) atoms. The van der Waals surface area contributed by atoms with Crippen LogP contribution in [0.2, 0.25) is 0 Å². The molecule has 6 nitrogen and oxygen atoms in total. The zero-order valence-corrected chi connectivity index (χ0v) is 13.2. The first-order valence-corrected chi connectivity index (χ1v) is 7.35. The number of carbonyl (C=O) groups excluding carboxylic acids is 1. The summed E-state index contributed by atoms with van der Waals surface area (Å²) >= 11 is 3.29. The highest BCUT2D eigenvalue weighted by Gasteiger charge is 2.15. The smallest absolute Gasteiger partial charge is 0.255 e. The highest BCUT2D eigenvalue weighted by atomic mass is 79.9. The van der Waals surface area contributed by atoms with Crippen LogP contribution in [0.5, 0.6) is 0 Å². The molecule has 2 aromatic heterocycles. The monoisotopic (exact) mass is 352 g/mol. The molecule has 0 aromatic carbocycles. The summed E-state index contributed by atoms with van der Waals surface area (Å²) < 4.78 is 5.99. The maximum absolute atomic E-state index is 12.3. The van der Waals surface area contributed by atoms with Crippen LogP contribution in [0.1, 0.15) is 29.5 Å². The number of nitrogens with two attached hydrogens (primary N) is 1. The minimum absolute atomic E-state index is 0.00667. The van der Waals surface area contributed by atoms with Gasteiger partial charge in [0, 0.05) is 23.1 Å². The maximum Gasteiger partial charge on any atom is 0.255 e. The van der Waals surface area contributed by atoms with Crippen LogP contribution in [-0.4, -0.2) is 16.9 Å². The number of hydrogen-bond donors (Lipinski definition) is 3. The molecule has 0 aliphatic carbocycles. The number of nitrogens with one attached hydrogen (secondary N) is 2. The van der Waals surface area contributed by atoms with Gasteiger partial charge in [-0.15, -0.1) is 0 Å². The summed E-state index contributed by atoms with van der Waals surface area (Å²) in [5.41, 5.74) is 2.82. The molecule has 0 saturated carbocycles. The Morgan fingerprint density at radius 1 is 1.57 bits per heavy atom. The van der Waals surface area contributed by atoms with Gasteiger partial charge in [0.15, 0.2) is 5.82 Å². The zero-order valence-electron chi connectivity index (χ0n) is 11.6. The maximum atomic E-state index is 12.3. The number of anilines is 1. The SMILES string of the molecule is CC(CCc1ccco1)NC(=O)c1cc(Br)cnc1NN. The molecule has 0 aliphatic rings. The van der Waals surface area contributed by atoms with Gasteiger partial charge in [-0.1, -0.05) is 0 Å². The van der Waals surface area contributed by atoms with Crippen molar-refractivity contribution < 1.29 is 9.21 Å². The largest absolute Gasteiger partial charge is 0.469 e. The summed E-state index contributed by atoms with van der Waals surface area (Å²) in [4.78, 5) is 16.3. The molecular weight excluding hydrogens is 336 g/mol. The normalized spacial score (nSPS) is 12.0. The molecule has 0 radical (unpaired) electrons. The number of aryl methyl sites for hydroxylation is 1. The van der Waals surface area contributed by atoms with Gasteiger partial charge in [0.05, 0.1) is 11.8 Å². The fourth-order valence-corrected chi connectivity index (χ4v) is 2.25. The van der Waals surface area contributed by atoms with Gasteiger partial charge in [-0.2, -0.15) is 0 Å². The van der Waals surface area contributed by atoms with Gasteiger partial charge in [-0.3, -0.25) is 4.79 Å². The highest BCUT2D eigenvalue weighted by Crippen LogP contribution is 2.17. The van der Waals surface area contributed by atoms with E-state index >= 15 is 0 Å². The van der Waals surface area contributed by atoms with E-state index in [2.05, 4.69) is 31.7 Å². The Hall–Kier alpha value is -1.86. The predicted octanol–water partition coefficient (Wildman–Crippen LogP) is 2.47.